The number of nitrogens with zero attached hydrogens (tertiary/aromatic N) is 4. The molecule has 0 spiro atoms. The zero-order chi connectivity index (χ0) is 67.0. The van der Waals surface area contributed by atoms with Crippen LogP contribution in [0.1, 0.15) is 92.1 Å². The number of rotatable bonds is 5. The molecule has 16 rings (SSSR count). The first-order valence-electron chi connectivity index (χ1n) is 33.1. The Morgan fingerprint density at radius 2 is 0.642 bits per heavy atom. The summed E-state index contributed by atoms with van der Waals surface area (Å²) < 4.78 is 33.9. The van der Waals surface area contributed by atoms with E-state index in [1.54, 1.807) is 0 Å². The van der Waals surface area contributed by atoms with Crippen molar-refractivity contribution in [3.63, 3.8) is 0 Å². The zero-order valence-corrected chi connectivity index (χ0v) is 58.4. The molecular weight excluding hydrogens is 1160 g/mol. The maximum atomic E-state index is 6.34. The minimum absolute atomic E-state index is 0.497. The lowest BCUT2D eigenvalue weighted by atomic mass is 9.95. The first kappa shape index (κ1) is 63.3. The lowest BCUT2D eigenvalue weighted by Gasteiger charge is -2.10. The van der Waals surface area contributed by atoms with Crippen LogP contribution in [-0.2, 0) is 28.2 Å². The number of aromatic nitrogens is 4. The normalized spacial score (nSPS) is 11.6. The van der Waals surface area contributed by atoms with Crippen LogP contribution in [0.3, 0.4) is 0 Å². The third-order valence-corrected chi connectivity index (χ3v) is 19.5. The molecule has 0 aliphatic heterocycles. The average molecular weight is 1250 g/mol. The summed E-state index contributed by atoms with van der Waals surface area (Å²) in [4.78, 5) is 0. The zero-order valence-electron chi connectivity index (χ0n) is 58.4. The maximum absolute atomic E-state index is 6.34. The molecule has 0 atom stereocenters. The van der Waals surface area contributed by atoms with E-state index in [-0.39, 0.29) is 0 Å². The van der Waals surface area contributed by atoms with E-state index in [1.165, 1.54) is 160 Å². The summed E-state index contributed by atoms with van der Waals surface area (Å²) >= 11 is 0. The van der Waals surface area contributed by atoms with Gasteiger partial charge in [-0.3, -0.25) is 0 Å². The number of fused-ring (bicyclic) bond motifs is 12. The maximum Gasteiger partial charge on any atom is 0.216 e. The molecule has 8 aromatic heterocycles. The van der Waals surface area contributed by atoms with Gasteiger partial charge in [-0.05, 0) is 175 Å². The molecule has 8 nitrogen and oxygen atoms in total. The Hall–Kier alpha value is -10.4. The fourth-order valence-electron chi connectivity index (χ4n) is 14.4. The molecule has 0 N–H and O–H groups in total. The number of pyridine rings is 4. The molecule has 0 saturated carbocycles. The summed E-state index contributed by atoms with van der Waals surface area (Å²) in [5.74, 6) is 0.497. The summed E-state index contributed by atoms with van der Waals surface area (Å²) in [7, 11) is 8.40. The van der Waals surface area contributed by atoms with Crippen molar-refractivity contribution in [2.75, 3.05) is 0 Å². The van der Waals surface area contributed by atoms with E-state index in [4.69, 9.17) is 17.7 Å². The Bertz CT molecular complexity index is 5730. The van der Waals surface area contributed by atoms with Gasteiger partial charge in [0.05, 0.1) is 22.3 Å². The predicted molar refractivity (Wildman–Crippen MR) is 392 cm³/mol. The van der Waals surface area contributed by atoms with Gasteiger partial charge in [0.2, 0.25) is 22.8 Å². The number of hydrogen-bond donors (Lipinski definition) is 0. The number of aryl methyl sites for hydroxylation is 16. The van der Waals surface area contributed by atoms with E-state index < -0.39 is 0 Å². The van der Waals surface area contributed by atoms with Crippen molar-refractivity contribution in [2.45, 2.75) is 103 Å². The second-order valence-corrected chi connectivity index (χ2v) is 26.9. The van der Waals surface area contributed by atoms with Crippen molar-refractivity contribution in [2.24, 2.45) is 28.2 Å². The van der Waals surface area contributed by atoms with Crippen molar-refractivity contribution in [1.82, 2.24) is 0 Å². The van der Waals surface area contributed by atoms with Crippen LogP contribution in [0.2, 0.25) is 0 Å². The molecule has 8 aromatic carbocycles. The second kappa shape index (κ2) is 25.1. The Morgan fingerprint density at radius 3 is 1.07 bits per heavy atom. The molecule has 8 heteroatoms. The number of benzene rings is 8. The van der Waals surface area contributed by atoms with Crippen molar-refractivity contribution in [3.05, 3.63) is 261 Å². The topological polar surface area (TPSA) is 68.1 Å². The molecule has 16 aromatic rings. The summed E-state index contributed by atoms with van der Waals surface area (Å²) in [5.41, 5.74) is 33.8. The Kier molecular flexibility index (Phi) is 16.7. The van der Waals surface area contributed by atoms with E-state index in [0.29, 0.717) is 5.92 Å². The van der Waals surface area contributed by atoms with Gasteiger partial charge in [-0.25, -0.2) is 18.3 Å². The quantitative estimate of drug-likeness (QED) is 0.161. The van der Waals surface area contributed by atoms with Crippen LogP contribution in [0.4, 0.5) is 0 Å². The molecule has 8 heterocycles. The van der Waals surface area contributed by atoms with E-state index >= 15 is 0 Å². The fourth-order valence-corrected chi connectivity index (χ4v) is 14.4. The Balaban J connectivity index is 0.000000115. The van der Waals surface area contributed by atoms with E-state index in [9.17, 15) is 0 Å². The molecule has 0 saturated heterocycles. The third kappa shape index (κ3) is 11.4. The van der Waals surface area contributed by atoms with Gasteiger partial charge in [-0.15, -0.1) is 0 Å². The van der Waals surface area contributed by atoms with Crippen molar-refractivity contribution >= 4 is 87.8 Å². The van der Waals surface area contributed by atoms with Gasteiger partial charge in [0.25, 0.3) is 0 Å². The highest BCUT2D eigenvalue weighted by Gasteiger charge is 2.27. The van der Waals surface area contributed by atoms with Crippen LogP contribution in [0.5, 0.6) is 0 Å². The van der Waals surface area contributed by atoms with E-state index in [1.807, 2.05) is 42.5 Å². The van der Waals surface area contributed by atoms with Crippen molar-refractivity contribution in [3.8, 4) is 45.0 Å². The molecule has 0 bridgehead atoms. The minimum Gasteiger partial charge on any atom is -0.455 e. The molecule has 95 heavy (non-hydrogen) atoms. The molecule has 0 fully saturated rings. The van der Waals surface area contributed by atoms with Crippen LogP contribution in [0.25, 0.3) is 133 Å². The summed E-state index contributed by atoms with van der Waals surface area (Å²) in [5, 5.41) is 9.61. The van der Waals surface area contributed by atoms with Crippen LogP contribution < -0.4 is 18.3 Å². The number of para-hydroxylation sites is 4. The minimum atomic E-state index is 0.497. The first-order valence-corrected chi connectivity index (χ1v) is 33.1. The lowest BCUT2D eigenvalue weighted by molar-refractivity contribution is -0.660. The number of hydrogen-bond acceptors (Lipinski definition) is 4. The molecule has 0 radical (unpaired) electrons. The van der Waals surface area contributed by atoms with Gasteiger partial charge in [0, 0.05) is 90.1 Å². The fraction of sp³-hybridized carbons (Fsp3) is 0.218. The highest BCUT2D eigenvalue weighted by molar-refractivity contribution is 6.14. The van der Waals surface area contributed by atoms with Gasteiger partial charge < -0.3 is 17.7 Å². The van der Waals surface area contributed by atoms with Gasteiger partial charge in [-0.2, -0.15) is 0 Å². The summed E-state index contributed by atoms with van der Waals surface area (Å²) in [6.07, 6.45) is 8.69. The second-order valence-electron chi connectivity index (χ2n) is 26.9. The molecule has 0 amide bonds. The monoisotopic (exact) mass is 1250 g/mol. The van der Waals surface area contributed by atoms with Crippen LogP contribution in [0, 0.1) is 83.1 Å². The lowest BCUT2D eigenvalue weighted by Crippen LogP contribution is -2.31. The first-order chi connectivity index (χ1) is 45.6. The van der Waals surface area contributed by atoms with E-state index in [2.05, 4.69) is 290 Å². The van der Waals surface area contributed by atoms with Crippen LogP contribution >= 0.6 is 0 Å². The van der Waals surface area contributed by atoms with E-state index in [0.717, 1.165) is 44.7 Å². The predicted octanol–water partition coefficient (Wildman–Crippen LogP) is 21.1. The highest BCUT2D eigenvalue weighted by Crippen LogP contribution is 2.43. The molecular formula is C87H86N4O4+4. The van der Waals surface area contributed by atoms with Crippen molar-refractivity contribution < 1.29 is 35.9 Å². The average Bonchev–Trinajstić information content (AvgIpc) is 1.66. The SMILES string of the molecule is Cc1cc(-c2c(C)cc(C)c3c2oc2ccccc23)[n+](C)cc1C.Cc1cc(-c2c(C)ccc3c2oc2ccccc23)[n+](C)cc1C.Cc1cc(C)c2c(oc3ccccc32)c1-c1cc(C(C)C)cc[n+]1C.Cc1ccc(-c2c(C)cc(C)c3c2oc2ccccc23)[n+](C)c1. The molecule has 0 unspecified atom stereocenters. The summed E-state index contributed by atoms with van der Waals surface area (Å²) in [6.45, 7) is 30.4. The van der Waals surface area contributed by atoms with Crippen molar-refractivity contribution in [1.29, 1.82) is 0 Å². The van der Waals surface area contributed by atoms with Gasteiger partial charge in [0.15, 0.2) is 24.8 Å². The molecule has 0 aliphatic carbocycles. The Morgan fingerprint density at radius 1 is 0.274 bits per heavy atom. The molecule has 474 valence electrons. The smallest absolute Gasteiger partial charge is 0.216 e. The highest BCUT2D eigenvalue weighted by atomic mass is 16.3. The van der Waals surface area contributed by atoms with Gasteiger partial charge >= 0.3 is 0 Å². The largest absolute Gasteiger partial charge is 0.455 e. The third-order valence-electron chi connectivity index (χ3n) is 19.5. The van der Waals surface area contributed by atoms with Crippen LogP contribution in [-0.4, -0.2) is 0 Å². The van der Waals surface area contributed by atoms with Crippen LogP contribution in [0.15, 0.2) is 206 Å². The molecule has 0 aliphatic rings. The van der Waals surface area contributed by atoms with Gasteiger partial charge in [0.1, 0.15) is 72.9 Å². The number of furan rings is 4. The Labute approximate surface area is 557 Å². The summed E-state index contributed by atoms with van der Waals surface area (Å²) in [6, 6.07) is 57.7. The van der Waals surface area contributed by atoms with Gasteiger partial charge in [-0.1, -0.05) is 117 Å². The standard InChI is InChI=1S/C23H24NO.C22H22NO.2C21H20NO/c1-14(2)17-10-11-24(5)19(13-17)22-16(4)12-15(3)21-18-8-6-7-9-20(18)25-23(21)22;1-13-11-18(23(5)12-16(13)4)21-15(3)10-14(2)20-17-8-6-7-9-19(17)24-22(20)21;1-13-9-10-17-16-7-5-6-8-19(16)23-21(17)20(13)18-11-14(2)15(3)12-22(18)4;1-13-9-10-17(22(4)12-13)20-15(3)11-14(2)19-16-7-5-6-8-18(16)23-21(19)20/h6-14H,1-5H3;6-12H,1-5H3;2*5-12H,1-4H3/q4*+1.